The predicted molar refractivity (Wildman–Crippen MR) is 242 cm³/mol. The average molecular weight is 893 g/mol. The van der Waals surface area contributed by atoms with Crippen molar-refractivity contribution in [1.29, 1.82) is 10.5 Å². The molecule has 0 saturated heterocycles. The van der Waals surface area contributed by atoms with Crippen molar-refractivity contribution in [2.45, 2.75) is 122 Å². The highest BCUT2D eigenvalue weighted by Crippen LogP contribution is 2.22. The summed E-state index contributed by atoms with van der Waals surface area (Å²) in [6, 6.07) is 22.7. The number of amides is 2. The van der Waals surface area contributed by atoms with Gasteiger partial charge in [-0.25, -0.2) is 18.0 Å². The Morgan fingerprint density at radius 3 is 1.46 bits per heavy atom. The van der Waals surface area contributed by atoms with Crippen molar-refractivity contribution in [3.05, 3.63) is 95.1 Å². The summed E-state index contributed by atoms with van der Waals surface area (Å²) in [5.41, 5.74) is 1.37. The van der Waals surface area contributed by atoms with E-state index in [4.69, 9.17) is 24.7 Å². The summed E-state index contributed by atoms with van der Waals surface area (Å²) in [5, 5.41) is 48.4. The number of hydrogen-bond acceptors (Lipinski definition) is 12. The van der Waals surface area contributed by atoms with E-state index < -0.39 is 57.7 Å². The van der Waals surface area contributed by atoms with Crippen LogP contribution < -0.4 is 20.7 Å². The van der Waals surface area contributed by atoms with E-state index in [0.717, 1.165) is 17.7 Å². The molecule has 0 unspecified atom stereocenters. The van der Waals surface area contributed by atoms with Crippen LogP contribution in [0.3, 0.4) is 0 Å². The summed E-state index contributed by atoms with van der Waals surface area (Å²) in [4.78, 5) is 24.8. The second-order valence-electron chi connectivity index (χ2n) is 18.1. The standard InChI is InChI=1S/C27H37N3O6S.C20H31N3O3/c1-19(2)17-30(37(33,34)23-13-11-22(35-6)12-14-23)18-25(31)24(29-26(32)36-27(3,4)5)15-20-7-9-21(16-28)10-8-20;1-14(2)12-22-13-18(24)17(23-19(25)26-20(3,4)5)10-15-6-8-16(11-21)9-7-15/h7-14,19,24-25,31H,15,17-18H2,1-6H3,(H,29,32);6-9,14,17-18,22,24H,10,12-13H2,1-5H3,(H,23,25)/t24-,25+;17-,18+/m00/s1. The lowest BCUT2D eigenvalue weighted by molar-refractivity contribution is 0.0397. The van der Waals surface area contributed by atoms with Gasteiger partial charge in [0.05, 0.1) is 59.6 Å². The Bertz CT molecular complexity index is 2050. The van der Waals surface area contributed by atoms with Crippen LogP contribution in [0.2, 0.25) is 0 Å². The lowest BCUT2D eigenvalue weighted by atomic mass is 10.00. The molecule has 0 fully saturated rings. The zero-order valence-electron chi connectivity index (χ0n) is 38.6. The molecule has 4 atom stereocenters. The average Bonchev–Trinajstić information content (AvgIpc) is 3.19. The molecule has 0 aliphatic carbocycles. The molecule has 0 aliphatic rings. The number of aliphatic hydroxyl groups excluding tert-OH is 2. The zero-order valence-corrected chi connectivity index (χ0v) is 39.5. The second-order valence-corrected chi connectivity index (χ2v) is 20.0. The van der Waals surface area contributed by atoms with Gasteiger partial charge in [0.1, 0.15) is 17.0 Å². The van der Waals surface area contributed by atoms with E-state index in [-0.39, 0.29) is 30.3 Å². The van der Waals surface area contributed by atoms with Gasteiger partial charge in [0.15, 0.2) is 0 Å². The second kappa shape index (κ2) is 25.2. The minimum absolute atomic E-state index is 0.0176. The third-order valence-electron chi connectivity index (χ3n) is 8.97. The molecule has 63 heavy (non-hydrogen) atoms. The number of benzene rings is 3. The number of alkyl carbamates (subject to hydrolysis) is 2. The Hall–Kier alpha value is -5.23. The van der Waals surface area contributed by atoms with Gasteiger partial charge >= 0.3 is 12.2 Å². The van der Waals surface area contributed by atoms with Crippen molar-refractivity contribution in [3.8, 4) is 17.9 Å². The SMILES string of the molecule is CC(C)CNC[C@@H](O)[C@H](Cc1ccc(C#N)cc1)NC(=O)OC(C)(C)C.COc1ccc(S(=O)(=O)N(CC(C)C)C[C@@H](O)[C@H](Cc2ccc(C#N)cc2)NC(=O)OC(C)(C)C)cc1. The summed E-state index contributed by atoms with van der Waals surface area (Å²) in [7, 11) is -2.45. The lowest BCUT2D eigenvalue weighted by Gasteiger charge is -2.31. The molecule has 3 aromatic rings. The molecular weight excluding hydrogens is 825 g/mol. The lowest BCUT2D eigenvalue weighted by Crippen LogP contribution is -2.51. The molecule has 3 aromatic carbocycles. The molecule has 15 nitrogen and oxygen atoms in total. The van der Waals surface area contributed by atoms with Crippen molar-refractivity contribution in [2.75, 3.05) is 33.3 Å². The number of aliphatic hydroxyl groups is 2. The van der Waals surface area contributed by atoms with Crippen LogP contribution in [0.25, 0.3) is 0 Å². The third-order valence-corrected chi connectivity index (χ3v) is 10.8. The highest BCUT2D eigenvalue weighted by molar-refractivity contribution is 7.89. The molecule has 2 amide bonds. The van der Waals surface area contributed by atoms with Crippen LogP contribution in [-0.2, 0) is 32.3 Å². The Morgan fingerprint density at radius 1 is 0.667 bits per heavy atom. The smallest absolute Gasteiger partial charge is 0.407 e. The topological polar surface area (TPSA) is 223 Å². The maximum atomic E-state index is 13.5. The van der Waals surface area contributed by atoms with Crippen LogP contribution >= 0.6 is 0 Å². The predicted octanol–water partition coefficient (Wildman–Crippen LogP) is 6.31. The first-order chi connectivity index (χ1) is 29.3. The van der Waals surface area contributed by atoms with Gasteiger partial charge < -0.3 is 40.4 Å². The number of nitrogens with zero attached hydrogens (tertiary/aromatic N) is 3. The van der Waals surface area contributed by atoms with Crippen LogP contribution in [0.1, 0.15) is 91.5 Å². The number of carbonyl (C=O) groups is 2. The highest BCUT2D eigenvalue weighted by atomic mass is 32.2. The van der Waals surface area contributed by atoms with Crippen LogP contribution in [0, 0.1) is 34.5 Å². The van der Waals surface area contributed by atoms with E-state index in [1.54, 1.807) is 90.1 Å². The maximum Gasteiger partial charge on any atom is 0.407 e. The first-order valence-electron chi connectivity index (χ1n) is 21.0. The summed E-state index contributed by atoms with van der Waals surface area (Å²) < 4.78 is 44.0. The summed E-state index contributed by atoms with van der Waals surface area (Å²) >= 11 is 0. The number of ether oxygens (including phenoxy) is 3. The fourth-order valence-corrected chi connectivity index (χ4v) is 7.62. The van der Waals surface area contributed by atoms with Crippen LogP contribution in [-0.4, -0.2) is 104 Å². The van der Waals surface area contributed by atoms with Crippen molar-refractivity contribution in [3.63, 3.8) is 0 Å². The fraction of sp³-hybridized carbons (Fsp3) is 0.532. The van der Waals surface area contributed by atoms with Crippen LogP contribution in [0.15, 0.2) is 77.7 Å². The fourth-order valence-electron chi connectivity index (χ4n) is 6.00. The Kier molecular flexibility index (Phi) is 21.5. The van der Waals surface area contributed by atoms with Gasteiger partial charge in [-0.2, -0.15) is 14.8 Å². The first-order valence-corrected chi connectivity index (χ1v) is 22.5. The normalized spacial score (nSPS) is 13.7. The number of nitriles is 2. The Morgan fingerprint density at radius 2 is 1.10 bits per heavy atom. The molecule has 0 aliphatic heterocycles. The van der Waals surface area contributed by atoms with Crippen LogP contribution in [0.4, 0.5) is 9.59 Å². The maximum absolute atomic E-state index is 13.5. The van der Waals surface area contributed by atoms with E-state index >= 15 is 0 Å². The molecule has 0 aromatic heterocycles. The number of nitrogens with one attached hydrogen (secondary N) is 3. The molecule has 0 heterocycles. The van der Waals surface area contributed by atoms with Gasteiger partial charge in [-0.1, -0.05) is 52.0 Å². The summed E-state index contributed by atoms with van der Waals surface area (Å²) in [5.74, 6) is 0.979. The zero-order chi connectivity index (χ0) is 47.5. The highest BCUT2D eigenvalue weighted by Gasteiger charge is 2.32. The number of rotatable bonds is 19. The first kappa shape index (κ1) is 53.9. The van der Waals surface area contributed by atoms with E-state index in [1.165, 1.54) is 23.5 Å². The van der Waals surface area contributed by atoms with Crippen molar-refractivity contribution < 1.29 is 42.4 Å². The molecular formula is C47H68N6O9S. The molecule has 346 valence electrons. The Balaban J connectivity index is 0.000000462. The minimum atomic E-state index is -3.95. The summed E-state index contributed by atoms with van der Waals surface area (Å²) in [6.07, 6.45) is -2.66. The largest absolute Gasteiger partial charge is 0.497 e. The minimum Gasteiger partial charge on any atom is -0.497 e. The van der Waals surface area contributed by atoms with E-state index in [1.807, 2.05) is 26.0 Å². The molecule has 3 rings (SSSR count). The molecule has 0 saturated carbocycles. The van der Waals surface area contributed by atoms with Gasteiger partial charge in [-0.15, -0.1) is 0 Å². The number of methoxy groups -OCH3 is 1. The molecule has 0 bridgehead atoms. The third kappa shape index (κ3) is 20.7. The van der Waals surface area contributed by atoms with Crippen molar-refractivity contribution in [2.24, 2.45) is 11.8 Å². The van der Waals surface area contributed by atoms with Gasteiger partial charge in [0.25, 0.3) is 0 Å². The van der Waals surface area contributed by atoms with E-state index in [9.17, 15) is 28.2 Å². The van der Waals surface area contributed by atoms with Crippen LogP contribution in [0.5, 0.6) is 5.75 Å². The van der Waals surface area contributed by atoms with Gasteiger partial charge in [0.2, 0.25) is 10.0 Å². The van der Waals surface area contributed by atoms with Gasteiger partial charge in [-0.05, 0) is 132 Å². The summed E-state index contributed by atoms with van der Waals surface area (Å²) in [6.45, 7) is 19.6. The number of hydrogen-bond donors (Lipinski definition) is 5. The number of carbonyl (C=O) groups excluding carboxylic acids is 2. The monoisotopic (exact) mass is 892 g/mol. The number of sulfonamides is 1. The van der Waals surface area contributed by atoms with Crippen molar-refractivity contribution >= 4 is 22.2 Å². The quantitative estimate of drug-likeness (QED) is 0.0893. The molecule has 0 spiro atoms. The van der Waals surface area contributed by atoms with Gasteiger partial charge in [-0.3, -0.25) is 0 Å². The Labute approximate surface area is 374 Å². The van der Waals surface area contributed by atoms with Gasteiger partial charge in [0, 0.05) is 19.6 Å². The van der Waals surface area contributed by atoms with E-state index in [2.05, 4.69) is 41.9 Å². The van der Waals surface area contributed by atoms with Crippen molar-refractivity contribution in [1.82, 2.24) is 20.3 Å². The van der Waals surface area contributed by atoms with E-state index in [0.29, 0.717) is 35.8 Å². The molecule has 16 heteroatoms. The molecule has 5 N–H and O–H groups in total. The molecule has 0 radical (unpaired) electrons.